The van der Waals surface area contributed by atoms with Gasteiger partial charge in [0.15, 0.2) is 11.9 Å². The highest BCUT2D eigenvalue weighted by molar-refractivity contribution is 5.86. The zero-order valence-electron chi connectivity index (χ0n) is 24.4. The average Bonchev–Trinajstić information content (AvgIpc) is 3.46. The van der Waals surface area contributed by atoms with Crippen LogP contribution in [0.3, 0.4) is 0 Å². The summed E-state index contributed by atoms with van der Waals surface area (Å²) in [5.74, 6) is 0.440. The second-order valence-corrected chi connectivity index (χ2v) is 15.1. The minimum atomic E-state index is -1.41. The van der Waals surface area contributed by atoms with Crippen LogP contribution in [0.25, 0.3) is 10.9 Å². The first-order chi connectivity index (χ1) is 18.7. The number of ether oxygens (including phenoxy) is 4. The highest BCUT2D eigenvalue weighted by Crippen LogP contribution is 2.75. The van der Waals surface area contributed by atoms with Crippen molar-refractivity contribution < 1.29 is 34.3 Å². The molecule has 4 N–H and O–H groups in total. The predicted octanol–water partition coefficient (Wildman–Crippen LogP) is 3.48. The van der Waals surface area contributed by atoms with Gasteiger partial charge in [0.25, 0.3) is 0 Å². The number of aliphatic hydroxyl groups is 3. The van der Waals surface area contributed by atoms with Crippen LogP contribution in [0.2, 0.25) is 0 Å². The topological polar surface area (TPSA) is 117 Å². The van der Waals surface area contributed by atoms with Gasteiger partial charge in [0.1, 0.15) is 30.0 Å². The van der Waals surface area contributed by atoms with Gasteiger partial charge in [-0.05, 0) is 77.3 Å². The van der Waals surface area contributed by atoms with Crippen molar-refractivity contribution in [2.24, 2.45) is 11.3 Å². The highest BCUT2D eigenvalue weighted by Gasteiger charge is 2.87. The van der Waals surface area contributed by atoms with E-state index in [0.717, 1.165) is 31.2 Å². The number of aromatic nitrogens is 1. The molecule has 1 spiro atoms. The summed E-state index contributed by atoms with van der Waals surface area (Å²) in [5, 5.41) is 35.8. The molecule has 218 valence electrons. The molecule has 40 heavy (non-hydrogen) atoms. The van der Waals surface area contributed by atoms with Gasteiger partial charge in [-0.25, -0.2) is 0 Å². The minimum Gasteiger partial charge on any atom is -0.388 e. The molecule has 0 unspecified atom stereocenters. The molecule has 6 aliphatic rings. The van der Waals surface area contributed by atoms with Crippen molar-refractivity contribution in [2.75, 3.05) is 0 Å². The largest absolute Gasteiger partial charge is 0.388 e. The van der Waals surface area contributed by atoms with Gasteiger partial charge in [-0.2, -0.15) is 0 Å². The van der Waals surface area contributed by atoms with E-state index in [1.807, 2.05) is 13.8 Å². The molecule has 2 saturated carbocycles. The second kappa shape index (κ2) is 7.51. The summed E-state index contributed by atoms with van der Waals surface area (Å²) in [4.78, 5) is 3.80. The third kappa shape index (κ3) is 2.78. The van der Waals surface area contributed by atoms with Crippen molar-refractivity contribution in [1.82, 2.24) is 4.98 Å². The maximum absolute atomic E-state index is 13.1. The van der Waals surface area contributed by atoms with Crippen LogP contribution in [-0.2, 0) is 30.8 Å². The molecule has 8 nitrogen and oxygen atoms in total. The molecule has 4 heterocycles. The Labute approximate surface area is 235 Å². The number of hydrogen-bond donors (Lipinski definition) is 4. The Morgan fingerprint density at radius 3 is 2.50 bits per heavy atom. The van der Waals surface area contributed by atoms with Crippen molar-refractivity contribution in [2.45, 2.75) is 138 Å². The van der Waals surface area contributed by atoms with Crippen LogP contribution < -0.4 is 0 Å². The summed E-state index contributed by atoms with van der Waals surface area (Å²) < 4.78 is 26.1. The van der Waals surface area contributed by atoms with Gasteiger partial charge in [-0.1, -0.05) is 32.0 Å². The molecule has 0 radical (unpaired) electrons. The summed E-state index contributed by atoms with van der Waals surface area (Å²) in [6.45, 7) is 11.6. The van der Waals surface area contributed by atoms with Gasteiger partial charge in [0, 0.05) is 27.4 Å². The summed E-state index contributed by atoms with van der Waals surface area (Å²) in [6.07, 6.45) is 0.272. The molecule has 0 bridgehead atoms. The Morgan fingerprint density at radius 1 is 1.00 bits per heavy atom. The van der Waals surface area contributed by atoms with Crippen LogP contribution in [0.5, 0.6) is 0 Å². The van der Waals surface area contributed by atoms with Crippen molar-refractivity contribution in [3.8, 4) is 0 Å². The molecule has 3 aliphatic heterocycles. The molecule has 0 amide bonds. The number of benzene rings is 1. The standard InChI is InChI=1S/C32H43NO7/c1-27(2,35)23(34)26-38-21-24(28(3,4)40-26)37-20-12-13-29(5)30(6)16(11-14-31(29,36)32(20)25(21)39-32)15-18-17-9-7-8-10-19(17)33-22(18)30/h7-10,16,20-21,23-26,33-36H,11-15H2,1-6H3/t16-,20-,21+,23-,24-,25+,26-,29+,30+,31-,32-/m0/s1. The zero-order valence-corrected chi connectivity index (χ0v) is 24.4. The lowest BCUT2D eigenvalue weighted by molar-refractivity contribution is -0.375. The summed E-state index contributed by atoms with van der Waals surface area (Å²) >= 11 is 0. The molecular weight excluding hydrogens is 510 g/mol. The Balaban J connectivity index is 1.20. The molecule has 2 aromatic rings. The highest BCUT2D eigenvalue weighted by atomic mass is 16.8. The number of para-hydroxylation sites is 1. The fourth-order valence-corrected chi connectivity index (χ4v) is 10.1. The van der Waals surface area contributed by atoms with E-state index in [-0.39, 0.29) is 17.6 Å². The van der Waals surface area contributed by atoms with Crippen molar-refractivity contribution >= 4 is 10.9 Å². The molecule has 3 saturated heterocycles. The first-order valence-corrected chi connectivity index (χ1v) is 15.1. The SMILES string of the molecule is CC(C)(O)[C@@H](O)[C@H]1O[C@H]2[C@H]3O[C@@]34[C@H](CC[C@@]3(C)[C@@]4(O)CC[C@H]4Cc5c([nH]c6ccccc56)[C@@]43C)O[C@@H]2C(C)(C)O1. The fourth-order valence-electron chi connectivity index (χ4n) is 10.1. The molecule has 1 aromatic carbocycles. The number of rotatable bonds is 2. The normalized spacial score (nSPS) is 49.2. The monoisotopic (exact) mass is 553 g/mol. The van der Waals surface area contributed by atoms with Crippen LogP contribution in [0.15, 0.2) is 24.3 Å². The molecule has 5 fully saturated rings. The van der Waals surface area contributed by atoms with E-state index < -0.39 is 52.4 Å². The lowest BCUT2D eigenvalue weighted by Gasteiger charge is -2.66. The predicted molar refractivity (Wildman–Crippen MR) is 147 cm³/mol. The van der Waals surface area contributed by atoms with Crippen molar-refractivity contribution in [3.63, 3.8) is 0 Å². The molecule has 3 aliphatic carbocycles. The number of hydrogen-bond acceptors (Lipinski definition) is 7. The van der Waals surface area contributed by atoms with E-state index in [4.69, 9.17) is 18.9 Å². The smallest absolute Gasteiger partial charge is 0.187 e. The van der Waals surface area contributed by atoms with E-state index in [9.17, 15) is 15.3 Å². The number of aliphatic hydroxyl groups excluding tert-OH is 1. The first-order valence-electron chi connectivity index (χ1n) is 15.1. The van der Waals surface area contributed by atoms with Gasteiger partial charge in [-0.3, -0.25) is 0 Å². The van der Waals surface area contributed by atoms with E-state index in [0.29, 0.717) is 12.3 Å². The van der Waals surface area contributed by atoms with Crippen LogP contribution >= 0.6 is 0 Å². The van der Waals surface area contributed by atoms with E-state index in [2.05, 4.69) is 43.1 Å². The maximum atomic E-state index is 13.1. The molecule has 8 rings (SSSR count). The molecule has 8 heteroatoms. The van der Waals surface area contributed by atoms with Gasteiger partial charge in [-0.15, -0.1) is 0 Å². The second-order valence-electron chi connectivity index (χ2n) is 15.1. The third-order valence-corrected chi connectivity index (χ3v) is 12.5. The Kier molecular flexibility index (Phi) is 4.91. The first kappa shape index (κ1) is 26.1. The van der Waals surface area contributed by atoms with Crippen LogP contribution in [0.1, 0.15) is 78.5 Å². The zero-order chi connectivity index (χ0) is 28.3. The number of nitrogens with one attached hydrogen (secondary N) is 1. The van der Waals surface area contributed by atoms with Crippen LogP contribution in [0, 0.1) is 11.3 Å². The molecule has 1 aromatic heterocycles. The Hall–Kier alpha value is -1.52. The van der Waals surface area contributed by atoms with Gasteiger partial charge < -0.3 is 39.3 Å². The quantitative estimate of drug-likeness (QED) is 0.421. The summed E-state index contributed by atoms with van der Waals surface area (Å²) in [7, 11) is 0. The number of fused-ring (bicyclic) bond motifs is 9. The summed E-state index contributed by atoms with van der Waals surface area (Å²) in [6, 6.07) is 8.55. The van der Waals surface area contributed by atoms with E-state index >= 15 is 0 Å². The lowest BCUT2D eigenvalue weighted by atomic mass is 9.40. The van der Waals surface area contributed by atoms with E-state index in [1.165, 1.54) is 16.6 Å². The Bertz CT molecular complexity index is 1400. The van der Waals surface area contributed by atoms with Crippen molar-refractivity contribution in [3.05, 3.63) is 35.5 Å². The van der Waals surface area contributed by atoms with Crippen molar-refractivity contribution in [1.29, 1.82) is 0 Å². The Morgan fingerprint density at radius 2 is 1.75 bits per heavy atom. The summed E-state index contributed by atoms with van der Waals surface area (Å²) in [5.41, 5.74) is -1.08. The fraction of sp³-hybridized carbons (Fsp3) is 0.750. The molecule has 11 atom stereocenters. The third-order valence-electron chi connectivity index (χ3n) is 12.5. The number of epoxide rings is 1. The number of aromatic amines is 1. The van der Waals surface area contributed by atoms with Gasteiger partial charge in [0.05, 0.1) is 17.3 Å². The minimum absolute atomic E-state index is 0.253. The van der Waals surface area contributed by atoms with E-state index in [1.54, 1.807) is 13.8 Å². The lowest BCUT2D eigenvalue weighted by Crippen LogP contribution is -2.78. The van der Waals surface area contributed by atoms with Gasteiger partial charge in [0.2, 0.25) is 0 Å². The van der Waals surface area contributed by atoms with Gasteiger partial charge >= 0.3 is 0 Å². The maximum Gasteiger partial charge on any atom is 0.187 e. The number of H-pyrrole nitrogens is 1. The van der Waals surface area contributed by atoms with Crippen LogP contribution in [-0.4, -0.2) is 79.5 Å². The average molecular weight is 554 g/mol. The molecular formula is C32H43NO7. The van der Waals surface area contributed by atoms with Crippen LogP contribution in [0.4, 0.5) is 0 Å².